The van der Waals surface area contributed by atoms with E-state index in [0.717, 1.165) is 61.0 Å². The molecule has 0 saturated heterocycles. The van der Waals surface area contributed by atoms with E-state index in [1.165, 1.54) is 65.9 Å². The van der Waals surface area contributed by atoms with Crippen molar-refractivity contribution in [2.24, 2.45) is 0 Å². The molecule has 0 radical (unpaired) electrons. The van der Waals surface area contributed by atoms with Gasteiger partial charge in [-0.15, -0.1) is 34.0 Å². The number of thiophene rings is 3. The molecule has 4 nitrogen and oxygen atoms in total. The van der Waals surface area contributed by atoms with Crippen molar-refractivity contribution in [3.05, 3.63) is 95.3 Å². The van der Waals surface area contributed by atoms with E-state index in [1.807, 2.05) is 55.7 Å². The van der Waals surface area contributed by atoms with Gasteiger partial charge in [0.1, 0.15) is 5.60 Å². The van der Waals surface area contributed by atoms with Crippen LogP contribution in [0.2, 0.25) is 0 Å². The molecule has 0 atom stereocenters. The number of aromatic nitrogens is 3. The normalized spacial score (nSPS) is 11.7. The summed E-state index contributed by atoms with van der Waals surface area (Å²) in [5.74, 6) is 0.651. The molecule has 0 aliphatic rings. The van der Waals surface area contributed by atoms with Crippen molar-refractivity contribution in [2.45, 2.75) is 105 Å². The highest BCUT2D eigenvalue weighted by atomic mass is 32.1. The minimum Gasteiger partial charge on any atom is -0.472 e. The second kappa shape index (κ2) is 16.6. The highest BCUT2D eigenvalue weighted by Crippen LogP contribution is 2.42. The lowest BCUT2D eigenvalue weighted by Crippen LogP contribution is -2.23. The zero-order valence-electron chi connectivity index (χ0n) is 30.3. The molecule has 0 bridgehead atoms. The molecule has 0 aliphatic heterocycles. The van der Waals surface area contributed by atoms with Gasteiger partial charge < -0.3 is 4.74 Å². The van der Waals surface area contributed by atoms with Crippen LogP contribution in [-0.2, 0) is 19.3 Å². The lowest BCUT2D eigenvalue weighted by Gasteiger charge is -2.20. The van der Waals surface area contributed by atoms with Crippen LogP contribution in [0, 0.1) is 0 Å². The van der Waals surface area contributed by atoms with Crippen LogP contribution in [-0.4, -0.2) is 20.6 Å². The van der Waals surface area contributed by atoms with Crippen LogP contribution in [0.4, 0.5) is 0 Å². The molecule has 6 aromatic rings. The number of nitrogens with zero attached hydrogens (tertiary/aromatic N) is 3. The lowest BCUT2D eigenvalue weighted by molar-refractivity contribution is 0.124. The molecule has 0 fully saturated rings. The molecule has 0 saturated carbocycles. The summed E-state index contributed by atoms with van der Waals surface area (Å²) in [6.07, 6.45) is 16.4. The lowest BCUT2D eigenvalue weighted by atomic mass is 10.0. The molecule has 0 aliphatic carbocycles. The van der Waals surface area contributed by atoms with Crippen LogP contribution in [0.15, 0.2) is 78.6 Å². The highest BCUT2D eigenvalue weighted by Gasteiger charge is 2.18. The SMILES string of the molecule is CCCCc1csc(-c2ccc(-c3sc(-c4ccc(-c5sc(-c6ccc(OC(C)(C)C)nc6)cc5CCCC)nc4)cc3CCCC)nc2)c1. The van der Waals surface area contributed by atoms with E-state index in [1.54, 1.807) is 11.3 Å². The number of unbranched alkanes of at least 4 members (excludes halogenated alkanes) is 3. The predicted octanol–water partition coefficient (Wildman–Crippen LogP) is 13.6. The molecular formula is C43H49N3OS3. The minimum atomic E-state index is -0.275. The molecule has 0 spiro atoms. The van der Waals surface area contributed by atoms with Crippen LogP contribution in [0.3, 0.4) is 0 Å². The first-order chi connectivity index (χ1) is 24.2. The maximum Gasteiger partial charge on any atom is 0.213 e. The van der Waals surface area contributed by atoms with Crippen molar-refractivity contribution in [3.8, 4) is 58.3 Å². The van der Waals surface area contributed by atoms with E-state index in [4.69, 9.17) is 14.7 Å². The van der Waals surface area contributed by atoms with E-state index in [2.05, 4.69) is 92.1 Å². The van der Waals surface area contributed by atoms with Crippen molar-refractivity contribution in [1.82, 2.24) is 15.0 Å². The van der Waals surface area contributed by atoms with Crippen LogP contribution in [0.5, 0.6) is 5.88 Å². The zero-order chi connectivity index (χ0) is 35.1. The summed E-state index contributed by atoms with van der Waals surface area (Å²) in [5.41, 5.74) is 9.45. The molecule has 0 N–H and O–H groups in total. The third-order valence-corrected chi connectivity index (χ3v) is 12.2. The number of ether oxygens (including phenoxy) is 1. The van der Waals surface area contributed by atoms with Gasteiger partial charge in [-0.1, -0.05) is 40.0 Å². The van der Waals surface area contributed by atoms with Gasteiger partial charge in [-0.2, -0.15) is 0 Å². The molecule has 6 aromatic heterocycles. The Bertz CT molecular complexity index is 1960. The monoisotopic (exact) mass is 719 g/mol. The zero-order valence-corrected chi connectivity index (χ0v) is 32.8. The summed E-state index contributed by atoms with van der Waals surface area (Å²) in [6.45, 7) is 12.9. The van der Waals surface area contributed by atoms with Gasteiger partial charge in [0.25, 0.3) is 0 Å². The molecule has 6 rings (SSSR count). The largest absolute Gasteiger partial charge is 0.472 e. The third-order valence-electron chi connectivity index (χ3n) is 8.68. The van der Waals surface area contributed by atoms with Crippen LogP contribution in [0.1, 0.15) is 96.8 Å². The standard InChI is InChI=1S/C43H49N3OS3/c1-7-10-13-29-22-37(48-28-29)32-16-19-35(44-25-32)41-30(14-11-8-2)23-38(49-41)33-17-20-36(45-26-33)42-31(15-12-9-3)24-39(50-42)34-18-21-40(46-27-34)47-43(4,5)6/h16-28H,7-15H2,1-6H3. The number of hydrogen-bond acceptors (Lipinski definition) is 7. The Balaban J connectivity index is 1.25. The van der Waals surface area contributed by atoms with E-state index in [0.29, 0.717) is 5.88 Å². The first kappa shape index (κ1) is 36.2. The van der Waals surface area contributed by atoms with Crippen molar-refractivity contribution < 1.29 is 4.74 Å². The Kier molecular flexibility index (Phi) is 12.0. The van der Waals surface area contributed by atoms with Gasteiger partial charge in [0.2, 0.25) is 5.88 Å². The average molecular weight is 720 g/mol. The number of hydrogen-bond donors (Lipinski definition) is 0. The van der Waals surface area contributed by atoms with Crippen molar-refractivity contribution in [1.29, 1.82) is 0 Å². The van der Waals surface area contributed by atoms with Crippen molar-refractivity contribution in [3.63, 3.8) is 0 Å². The van der Waals surface area contributed by atoms with Crippen LogP contribution < -0.4 is 4.74 Å². The van der Waals surface area contributed by atoms with E-state index >= 15 is 0 Å². The summed E-state index contributed by atoms with van der Waals surface area (Å²) in [7, 11) is 0. The molecule has 0 aromatic carbocycles. The van der Waals surface area contributed by atoms with Gasteiger partial charge in [-0.05, 0) is 130 Å². The second-order valence-electron chi connectivity index (χ2n) is 14.0. The number of pyridine rings is 3. The topological polar surface area (TPSA) is 47.9 Å². The Morgan fingerprint density at radius 3 is 1.54 bits per heavy atom. The quantitative estimate of drug-likeness (QED) is 0.106. The second-order valence-corrected chi connectivity index (χ2v) is 17.0. The predicted molar refractivity (Wildman–Crippen MR) is 217 cm³/mol. The Morgan fingerprint density at radius 2 is 1.08 bits per heavy atom. The van der Waals surface area contributed by atoms with E-state index in [-0.39, 0.29) is 5.60 Å². The molecule has 50 heavy (non-hydrogen) atoms. The average Bonchev–Trinajstić information content (AvgIpc) is 3.88. The van der Waals surface area contributed by atoms with Gasteiger partial charge in [-0.3, -0.25) is 9.97 Å². The summed E-state index contributed by atoms with van der Waals surface area (Å²) >= 11 is 5.47. The summed E-state index contributed by atoms with van der Waals surface area (Å²) in [5, 5.41) is 2.30. The minimum absolute atomic E-state index is 0.275. The summed E-state index contributed by atoms with van der Waals surface area (Å²) < 4.78 is 5.96. The smallest absolute Gasteiger partial charge is 0.213 e. The maximum atomic E-state index is 5.96. The molecule has 260 valence electrons. The van der Waals surface area contributed by atoms with Crippen molar-refractivity contribution >= 4 is 34.0 Å². The fourth-order valence-electron chi connectivity index (χ4n) is 5.97. The van der Waals surface area contributed by atoms with Gasteiger partial charge >= 0.3 is 0 Å². The molecule has 0 amide bonds. The molecular weight excluding hydrogens is 671 g/mol. The summed E-state index contributed by atoms with van der Waals surface area (Å²) in [4.78, 5) is 20.9. The fourth-order valence-corrected chi connectivity index (χ4v) is 9.26. The number of aryl methyl sites for hydroxylation is 3. The van der Waals surface area contributed by atoms with Gasteiger partial charge in [-0.25, -0.2) is 4.98 Å². The van der Waals surface area contributed by atoms with Gasteiger partial charge in [0.05, 0.1) is 21.1 Å². The maximum absolute atomic E-state index is 5.96. The van der Waals surface area contributed by atoms with E-state index in [9.17, 15) is 0 Å². The molecule has 6 heterocycles. The first-order valence-electron chi connectivity index (χ1n) is 18.2. The molecule has 0 unspecified atom stereocenters. The van der Waals surface area contributed by atoms with Crippen molar-refractivity contribution in [2.75, 3.05) is 0 Å². The third kappa shape index (κ3) is 8.98. The number of rotatable bonds is 15. The van der Waals surface area contributed by atoms with Crippen LogP contribution in [0.25, 0.3) is 52.5 Å². The van der Waals surface area contributed by atoms with E-state index < -0.39 is 0 Å². The Hall–Kier alpha value is -3.65. The first-order valence-corrected chi connectivity index (χ1v) is 20.7. The fraction of sp³-hybridized carbons (Fsp3) is 0.372. The van der Waals surface area contributed by atoms with Crippen LogP contribution >= 0.6 is 34.0 Å². The van der Waals surface area contributed by atoms with Gasteiger partial charge in [0.15, 0.2) is 0 Å². The Morgan fingerprint density at radius 1 is 0.580 bits per heavy atom. The highest BCUT2D eigenvalue weighted by molar-refractivity contribution is 7.19. The van der Waals surface area contributed by atoms with Gasteiger partial charge in [0, 0.05) is 56.0 Å². The molecule has 7 heteroatoms. The summed E-state index contributed by atoms with van der Waals surface area (Å²) in [6, 6.07) is 20.0. The Labute approximate surface area is 310 Å².